The minimum atomic E-state index is -1.72. The molecule has 2 unspecified atom stereocenters. The summed E-state index contributed by atoms with van der Waals surface area (Å²) in [6.45, 7) is 16.5. The van der Waals surface area contributed by atoms with E-state index >= 15 is 0 Å². The average molecular weight is 451 g/mol. The summed E-state index contributed by atoms with van der Waals surface area (Å²) in [6.07, 6.45) is 2.17. The first-order valence-corrected chi connectivity index (χ1v) is 14.2. The average Bonchev–Trinajstić information content (AvgIpc) is 3.01. The van der Waals surface area contributed by atoms with E-state index in [2.05, 4.69) is 121 Å². The SMILES string of the molecule is CCc1cc(CC)cc([SiH](c2ccccc2C)C2(C)C(C)=C(C)C(C)=C2c2ccccc2)c1. The van der Waals surface area contributed by atoms with Gasteiger partial charge in [-0.05, 0) is 73.9 Å². The zero-order valence-corrected chi connectivity index (χ0v) is 22.6. The van der Waals surface area contributed by atoms with Gasteiger partial charge < -0.3 is 0 Å². The second-order valence-corrected chi connectivity index (χ2v) is 13.2. The quantitative estimate of drug-likeness (QED) is 0.353. The van der Waals surface area contributed by atoms with Crippen molar-refractivity contribution in [3.05, 3.63) is 112 Å². The lowest BCUT2D eigenvalue weighted by atomic mass is 9.90. The molecule has 0 nitrogen and oxygen atoms in total. The zero-order chi connectivity index (χ0) is 23.8. The molecule has 2 atom stereocenters. The minimum Gasteiger partial charge on any atom is -0.0626 e. The maximum absolute atomic E-state index is 2.55. The Morgan fingerprint density at radius 3 is 1.85 bits per heavy atom. The van der Waals surface area contributed by atoms with E-state index in [4.69, 9.17) is 0 Å². The van der Waals surface area contributed by atoms with Crippen LogP contribution in [0.4, 0.5) is 0 Å². The van der Waals surface area contributed by atoms with Crippen molar-refractivity contribution in [1.82, 2.24) is 0 Å². The van der Waals surface area contributed by atoms with Gasteiger partial charge in [0, 0.05) is 5.04 Å². The zero-order valence-electron chi connectivity index (χ0n) is 21.4. The summed E-state index contributed by atoms with van der Waals surface area (Å²) >= 11 is 0. The molecule has 0 heterocycles. The van der Waals surface area contributed by atoms with Gasteiger partial charge in [0.1, 0.15) is 8.80 Å². The molecule has 0 bridgehead atoms. The van der Waals surface area contributed by atoms with Gasteiger partial charge in [-0.15, -0.1) is 0 Å². The first-order valence-electron chi connectivity index (χ1n) is 12.5. The molecular formula is C32H38Si. The Balaban J connectivity index is 2.07. The summed E-state index contributed by atoms with van der Waals surface area (Å²) in [5.41, 5.74) is 11.8. The molecule has 0 fully saturated rings. The van der Waals surface area contributed by atoms with Gasteiger partial charge in [-0.1, -0.05) is 115 Å². The van der Waals surface area contributed by atoms with Crippen LogP contribution in [-0.2, 0) is 12.8 Å². The summed E-state index contributed by atoms with van der Waals surface area (Å²) in [7, 11) is -1.72. The highest BCUT2D eigenvalue weighted by Gasteiger charge is 2.48. The van der Waals surface area contributed by atoms with Crippen LogP contribution in [0.5, 0.6) is 0 Å². The predicted octanol–water partition coefficient (Wildman–Crippen LogP) is 7.05. The summed E-state index contributed by atoms with van der Waals surface area (Å²) in [6, 6.07) is 27.8. The second-order valence-electron chi connectivity index (χ2n) is 9.90. The van der Waals surface area contributed by atoms with Crippen LogP contribution >= 0.6 is 0 Å². The van der Waals surface area contributed by atoms with Crippen LogP contribution in [0.1, 0.15) is 63.8 Å². The number of rotatable bonds is 6. The lowest BCUT2D eigenvalue weighted by Crippen LogP contribution is -2.52. The fourth-order valence-electron chi connectivity index (χ4n) is 6.02. The monoisotopic (exact) mass is 450 g/mol. The molecule has 1 heteroatoms. The Hall–Kier alpha value is -2.64. The molecular weight excluding hydrogens is 412 g/mol. The maximum Gasteiger partial charge on any atom is 0.117 e. The third kappa shape index (κ3) is 3.97. The molecule has 3 aromatic rings. The predicted molar refractivity (Wildman–Crippen MR) is 149 cm³/mol. The fraction of sp³-hybridized carbons (Fsp3) is 0.312. The van der Waals surface area contributed by atoms with Crippen LogP contribution in [0.15, 0.2) is 89.5 Å². The van der Waals surface area contributed by atoms with E-state index in [0.717, 1.165) is 12.8 Å². The van der Waals surface area contributed by atoms with Crippen LogP contribution in [0.25, 0.3) is 5.57 Å². The Morgan fingerprint density at radius 2 is 1.27 bits per heavy atom. The van der Waals surface area contributed by atoms with Gasteiger partial charge in [0.25, 0.3) is 0 Å². The number of hydrogen-bond acceptors (Lipinski definition) is 0. The molecule has 4 rings (SSSR count). The number of hydrogen-bond donors (Lipinski definition) is 0. The van der Waals surface area contributed by atoms with Crippen molar-refractivity contribution in [2.24, 2.45) is 0 Å². The molecule has 33 heavy (non-hydrogen) atoms. The molecule has 0 radical (unpaired) electrons. The van der Waals surface area contributed by atoms with Crippen LogP contribution < -0.4 is 10.4 Å². The molecule has 0 saturated heterocycles. The molecule has 170 valence electrons. The lowest BCUT2D eigenvalue weighted by Gasteiger charge is -2.40. The van der Waals surface area contributed by atoms with Crippen LogP contribution in [0.3, 0.4) is 0 Å². The van der Waals surface area contributed by atoms with Gasteiger partial charge in [0.05, 0.1) is 0 Å². The number of allylic oxidation sites excluding steroid dienone is 4. The summed E-state index contributed by atoms with van der Waals surface area (Å²) < 4.78 is 0. The van der Waals surface area contributed by atoms with Crippen molar-refractivity contribution in [2.75, 3.05) is 0 Å². The Morgan fingerprint density at radius 1 is 0.697 bits per heavy atom. The molecule has 0 saturated carbocycles. The number of benzene rings is 3. The van der Waals surface area contributed by atoms with Gasteiger partial charge in [0.2, 0.25) is 0 Å². The van der Waals surface area contributed by atoms with Gasteiger partial charge in [-0.2, -0.15) is 0 Å². The van der Waals surface area contributed by atoms with Gasteiger partial charge in [-0.3, -0.25) is 0 Å². The second kappa shape index (κ2) is 9.31. The van der Waals surface area contributed by atoms with Gasteiger partial charge in [0.15, 0.2) is 0 Å². The summed E-state index contributed by atoms with van der Waals surface area (Å²) in [4.78, 5) is 0. The van der Waals surface area contributed by atoms with E-state index in [1.807, 2.05) is 0 Å². The topological polar surface area (TPSA) is 0 Å². The largest absolute Gasteiger partial charge is 0.117 e. The van der Waals surface area contributed by atoms with Gasteiger partial charge >= 0.3 is 0 Å². The summed E-state index contributed by atoms with van der Waals surface area (Å²) in [5.74, 6) is 0. The lowest BCUT2D eigenvalue weighted by molar-refractivity contribution is 0.901. The molecule has 0 amide bonds. The van der Waals surface area contributed by atoms with Crippen LogP contribution in [-0.4, -0.2) is 8.80 Å². The smallest absolute Gasteiger partial charge is 0.0626 e. The van der Waals surface area contributed by atoms with Gasteiger partial charge in [-0.25, -0.2) is 0 Å². The minimum absolute atomic E-state index is 0.0129. The Bertz CT molecular complexity index is 1210. The van der Waals surface area contributed by atoms with Crippen LogP contribution in [0.2, 0.25) is 5.04 Å². The molecule has 0 aliphatic heterocycles. The molecule has 1 aliphatic carbocycles. The van der Waals surface area contributed by atoms with E-state index in [-0.39, 0.29) is 5.04 Å². The number of aryl methyl sites for hydroxylation is 3. The van der Waals surface area contributed by atoms with Crippen molar-refractivity contribution in [1.29, 1.82) is 0 Å². The third-order valence-electron chi connectivity index (χ3n) is 8.16. The molecule has 3 aromatic carbocycles. The van der Waals surface area contributed by atoms with E-state index in [1.54, 1.807) is 15.9 Å². The molecule has 0 aromatic heterocycles. The van der Waals surface area contributed by atoms with E-state index < -0.39 is 8.80 Å². The molecule has 0 spiro atoms. The van der Waals surface area contributed by atoms with Crippen molar-refractivity contribution >= 4 is 24.7 Å². The van der Waals surface area contributed by atoms with Crippen molar-refractivity contribution in [3.63, 3.8) is 0 Å². The highest BCUT2D eigenvalue weighted by molar-refractivity contribution is 6.90. The van der Waals surface area contributed by atoms with Crippen molar-refractivity contribution < 1.29 is 0 Å². The Kier molecular flexibility index (Phi) is 6.63. The third-order valence-corrected chi connectivity index (χ3v) is 12.3. The standard InChI is InChI=1S/C32H38Si/c1-8-26-19-27(9-2)21-29(20-26)33(30-18-14-13-15-22(30)3)32(7)25(6)23(4)24(5)31(32)28-16-11-10-12-17-28/h10-21,33H,8-9H2,1-7H3. The first-order chi connectivity index (χ1) is 15.8. The van der Waals surface area contributed by atoms with E-state index in [0.29, 0.717) is 0 Å². The normalized spacial score (nSPS) is 19.4. The van der Waals surface area contributed by atoms with Crippen molar-refractivity contribution in [3.8, 4) is 0 Å². The highest BCUT2D eigenvalue weighted by atomic mass is 28.3. The van der Waals surface area contributed by atoms with Crippen molar-refractivity contribution in [2.45, 2.75) is 66.3 Å². The van der Waals surface area contributed by atoms with Crippen LogP contribution in [0, 0.1) is 6.92 Å². The summed E-state index contributed by atoms with van der Waals surface area (Å²) in [5, 5.41) is 3.17. The Labute approximate surface area is 202 Å². The highest BCUT2D eigenvalue weighted by Crippen LogP contribution is 2.58. The van der Waals surface area contributed by atoms with E-state index in [9.17, 15) is 0 Å². The first kappa shape index (κ1) is 23.5. The van der Waals surface area contributed by atoms with E-state index in [1.165, 1.54) is 39.0 Å². The molecule has 0 N–H and O–H groups in total. The fourth-order valence-corrected chi connectivity index (χ4v) is 10.6. The molecule has 1 aliphatic rings. The maximum atomic E-state index is 2.55.